The molecule has 0 aliphatic heterocycles. The first-order valence-corrected chi connectivity index (χ1v) is 11.0. The number of rotatable bonds is 6. The lowest BCUT2D eigenvalue weighted by atomic mass is 9.86. The van der Waals surface area contributed by atoms with Crippen molar-refractivity contribution in [3.8, 4) is 17.0 Å². The molecule has 1 aliphatic carbocycles. The van der Waals surface area contributed by atoms with Gasteiger partial charge in [-0.1, -0.05) is 12.1 Å². The Kier molecular flexibility index (Phi) is 7.00. The molecule has 6 nitrogen and oxygen atoms in total. The van der Waals surface area contributed by atoms with Gasteiger partial charge in [-0.25, -0.2) is 9.78 Å². The predicted molar refractivity (Wildman–Crippen MR) is 118 cm³/mol. The zero-order valence-electron chi connectivity index (χ0n) is 17.7. The van der Waals surface area contributed by atoms with Crippen LogP contribution in [0.2, 0.25) is 0 Å². The lowest BCUT2D eigenvalue weighted by Gasteiger charge is -2.29. The maximum atomic E-state index is 11.8. The van der Waals surface area contributed by atoms with Crippen LogP contribution in [0.5, 0.6) is 5.75 Å². The number of aromatic nitrogens is 1. The van der Waals surface area contributed by atoms with Crippen LogP contribution in [0.3, 0.4) is 0 Å². The number of carbonyl (C=O) groups is 1. The lowest BCUT2D eigenvalue weighted by molar-refractivity contribution is 0.0515. The zero-order valence-corrected chi connectivity index (χ0v) is 18.5. The van der Waals surface area contributed by atoms with Crippen molar-refractivity contribution >= 4 is 22.6 Å². The Labute approximate surface area is 177 Å². The highest BCUT2D eigenvalue weighted by Crippen LogP contribution is 2.33. The number of methoxy groups -OCH3 is 1. The van der Waals surface area contributed by atoms with Gasteiger partial charge in [-0.3, -0.25) is 0 Å². The molecule has 2 N–H and O–H groups in total. The van der Waals surface area contributed by atoms with Gasteiger partial charge in [-0.2, -0.15) is 0 Å². The van der Waals surface area contributed by atoms with Crippen molar-refractivity contribution < 1.29 is 14.3 Å². The van der Waals surface area contributed by atoms with Gasteiger partial charge in [0.1, 0.15) is 11.4 Å². The van der Waals surface area contributed by atoms with Crippen molar-refractivity contribution in [3.05, 3.63) is 29.6 Å². The molecule has 158 valence electrons. The summed E-state index contributed by atoms with van der Waals surface area (Å²) < 4.78 is 10.7. The predicted octanol–water partition coefficient (Wildman–Crippen LogP) is 5.31. The highest BCUT2D eigenvalue weighted by atomic mass is 32.1. The summed E-state index contributed by atoms with van der Waals surface area (Å²) in [6, 6.07) is 8.36. The highest BCUT2D eigenvalue weighted by molar-refractivity contribution is 7.14. The van der Waals surface area contributed by atoms with Crippen molar-refractivity contribution in [2.75, 3.05) is 19.0 Å². The first kappa shape index (κ1) is 21.4. The second-order valence-corrected chi connectivity index (χ2v) is 9.34. The van der Waals surface area contributed by atoms with Crippen LogP contribution in [0, 0.1) is 5.92 Å². The molecule has 0 unspecified atom stereocenters. The molecule has 3 rings (SSSR count). The molecule has 1 amide bonds. The number of carbonyl (C=O) groups excluding carboxylic acids is 1. The Morgan fingerprint density at radius 3 is 2.62 bits per heavy atom. The first-order valence-electron chi connectivity index (χ1n) is 10.2. The monoisotopic (exact) mass is 417 g/mol. The van der Waals surface area contributed by atoms with E-state index in [1.54, 1.807) is 18.4 Å². The van der Waals surface area contributed by atoms with Gasteiger partial charge in [-0.15, -0.1) is 11.3 Å². The van der Waals surface area contributed by atoms with Crippen molar-refractivity contribution in [2.45, 2.75) is 58.1 Å². The van der Waals surface area contributed by atoms with Gasteiger partial charge >= 0.3 is 6.09 Å². The van der Waals surface area contributed by atoms with Crippen molar-refractivity contribution in [1.82, 2.24) is 10.3 Å². The summed E-state index contributed by atoms with van der Waals surface area (Å²) in [7, 11) is 1.68. The average Bonchev–Trinajstić information content (AvgIpc) is 3.14. The van der Waals surface area contributed by atoms with Crippen LogP contribution in [0.1, 0.15) is 46.5 Å². The molecule has 1 aliphatic rings. The van der Waals surface area contributed by atoms with E-state index in [1.807, 2.05) is 45.0 Å². The van der Waals surface area contributed by atoms with E-state index in [9.17, 15) is 4.79 Å². The summed E-state index contributed by atoms with van der Waals surface area (Å²) in [5, 5.41) is 9.49. The fourth-order valence-electron chi connectivity index (χ4n) is 3.55. The third-order valence-corrected chi connectivity index (χ3v) is 5.77. The molecule has 0 saturated heterocycles. The summed E-state index contributed by atoms with van der Waals surface area (Å²) in [4.78, 5) is 16.6. The highest BCUT2D eigenvalue weighted by Gasteiger charge is 2.23. The van der Waals surface area contributed by atoms with Gasteiger partial charge in [0.05, 0.1) is 12.8 Å². The molecule has 1 aromatic heterocycles. The topological polar surface area (TPSA) is 72.5 Å². The van der Waals surface area contributed by atoms with Crippen LogP contribution in [0.25, 0.3) is 11.3 Å². The SMILES string of the molecule is COc1ccccc1-c1csc(N[C@H]2CC[C@H](CNC(=O)OC(C)(C)C)CC2)n1. The molecular weight excluding hydrogens is 386 g/mol. The van der Waals surface area contributed by atoms with Gasteiger partial charge in [0.25, 0.3) is 0 Å². The zero-order chi connectivity index (χ0) is 20.9. The standard InChI is InChI=1S/C22H31N3O3S/c1-22(2,3)28-21(26)23-13-15-9-11-16(12-10-15)24-20-25-18(14-29-20)17-7-5-6-8-19(17)27-4/h5-8,14-16H,9-13H2,1-4H3,(H,23,26)(H,24,25)/t15-,16-. The van der Waals surface area contributed by atoms with E-state index in [4.69, 9.17) is 14.5 Å². The van der Waals surface area contributed by atoms with Crippen LogP contribution >= 0.6 is 11.3 Å². The Balaban J connectivity index is 1.46. The Bertz CT molecular complexity index is 808. The number of nitrogens with zero attached hydrogens (tertiary/aromatic N) is 1. The first-order chi connectivity index (χ1) is 13.8. The van der Waals surface area contributed by atoms with Gasteiger partial charge in [-0.05, 0) is 64.5 Å². The van der Waals surface area contributed by atoms with Gasteiger partial charge in [0.15, 0.2) is 5.13 Å². The minimum Gasteiger partial charge on any atom is -0.496 e. The Hall–Kier alpha value is -2.28. The van der Waals surface area contributed by atoms with Gasteiger partial charge in [0.2, 0.25) is 0 Å². The second kappa shape index (κ2) is 9.48. The number of alkyl carbamates (subject to hydrolysis) is 1. The van der Waals surface area contributed by atoms with Crippen LogP contribution in [0.4, 0.5) is 9.93 Å². The van der Waals surface area contributed by atoms with E-state index < -0.39 is 5.60 Å². The molecular formula is C22H31N3O3S. The summed E-state index contributed by atoms with van der Waals surface area (Å²) in [5.41, 5.74) is 1.49. The molecule has 29 heavy (non-hydrogen) atoms. The lowest BCUT2D eigenvalue weighted by Crippen LogP contribution is -2.37. The number of para-hydroxylation sites is 1. The molecule has 7 heteroatoms. The maximum absolute atomic E-state index is 11.8. The van der Waals surface area contributed by atoms with Gasteiger partial charge in [0, 0.05) is 23.5 Å². The normalized spacial score (nSPS) is 19.4. The molecule has 2 aromatic rings. The quantitative estimate of drug-likeness (QED) is 0.666. The van der Waals surface area contributed by atoms with Crippen LogP contribution in [-0.2, 0) is 4.74 Å². The van der Waals surface area contributed by atoms with Crippen molar-refractivity contribution in [1.29, 1.82) is 0 Å². The number of benzene rings is 1. The van der Waals surface area contributed by atoms with E-state index in [2.05, 4.69) is 16.0 Å². The number of hydrogen-bond acceptors (Lipinski definition) is 6. The average molecular weight is 418 g/mol. The minimum atomic E-state index is -0.456. The van der Waals surface area contributed by atoms with E-state index in [-0.39, 0.29) is 6.09 Å². The summed E-state index contributed by atoms with van der Waals surface area (Å²) in [6.07, 6.45) is 3.98. The molecule has 0 bridgehead atoms. The smallest absolute Gasteiger partial charge is 0.407 e. The van der Waals surface area contributed by atoms with Crippen LogP contribution < -0.4 is 15.4 Å². The van der Waals surface area contributed by atoms with Crippen molar-refractivity contribution in [2.24, 2.45) is 5.92 Å². The molecule has 0 radical (unpaired) electrons. The summed E-state index contributed by atoms with van der Waals surface area (Å²) in [5.74, 6) is 1.34. The number of hydrogen-bond donors (Lipinski definition) is 2. The third kappa shape index (κ3) is 6.35. The van der Waals surface area contributed by atoms with E-state index in [0.717, 1.165) is 47.8 Å². The van der Waals surface area contributed by atoms with Crippen molar-refractivity contribution in [3.63, 3.8) is 0 Å². The molecule has 1 heterocycles. The number of nitrogens with one attached hydrogen (secondary N) is 2. The Morgan fingerprint density at radius 1 is 1.21 bits per heavy atom. The molecule has 1 aromatic carbocycles. The van der Waals surface area contributed by atoms with E-state index >= 15 is 0 Å². The third-order valence-electron chi connectivity index (χ3n) is 5.00. The maximum Gasteiger partial charge on any atom is 0.407 e. The largest absolute Gasteiger partial charge is 0.496 e. The number of thiazole rings is 1. The van der Waals surface area contributed by atoms with E-state index in [0.29, 0.717) is 18.5 Å². The fraction of sp³-hybridized carbons (Fsp3) is 0.545. The molecule has 1 fully saturated rings. The summed E-state index contributed by atoms with van der Waals surface area (Å²) in [6.45, 7) is 6.31. The van der Waals surface area contributed by atoms with Crippen LogP contribution in [-0.4, -0.2) is 36.4 Å². The second-order valence-electron chi connectivity index (χ2n) is 8.48. The fourth-order valence-corrected chi connectivity index (χ4v) is 4.34. The van der Waals surface area contributed by atoms with E-state index in [1.165, 1.54) is 0 Å². The minimum absolute atomic E-state index is 0.329. The number of anilines is 1. The van der Waals surface area contributed by atoms with Crippen LogP contribution in [0.15, 0.2) is 29.6 Å². The number of amides is 1. The Morgan fingerprint density at radius 2 is 1.93 bits per heavy atom. The molecule has 0 atom stereocenters. The number of ether oxygens (including phenoxy) is 2. The molecule has 1 saturated carbocycles. The van der Waals surface area contributed by atoms with Gasteiger partial charge < -0.3 is 20.1 Å². The molecule has 0 spiro atoms. The summed E-state index contributed by atoms with van der Waals surface area (Å²) >= 11 is 1.63.